The molecule has 12 heteroatoms. The van der Waals surface area contributed by atoms with Gasteiger partial charge in [0.2, 0.25) is 0 Å². The van der Waals surface area contributed by atoms with Gasteiger partial charge in [-0.3, -0.25) is 18.6 Å². The summed E-state index contributed by atoms with van der Waals surface area (Å²) in [6.07, 6.45) is 34.1. The maximum Gasteiger partial charge on any atom is 0.472 e. The van der Waals surface area contributed by atoms with E-state index in [1.54, 1.807) is 0 Å². The number of aliphatic hydroxyl groups is 3. The minimum Gasteiger partial charge on any atom is -0.462 e. The molecular formula is C43H77O11P. The molecule has 0 saturated heterocycles. The second kappa shape index (κ2) is 37.5. The molecule has 0 aliphatic carbocycles. The van der Waals surface area contributed by atoms with Crippen LogP contribution in [0.15, 0.2) is 48.6 Å². The molecule has 4 N–H and O–H groups in total. The van der Waals surface area contributed by atoms with Crippen molar-refractivity contribution in [3.63, 3.8) is 0 Å². The topological polar surface area (TPSA) is 169 Å². The van der Waals surface area contributed by atoms with Gasteiger partial charge in [-0.1, -0.05) is 159 Å². The van der Waals surface area contributed by atoms with Crippen LogP contribution in [0.2, 0.25) is 0 Å². The highest BCUT2D eigenvalue weighted by Crippen LogP contribution is 2.43. The van der Waals surface area contributed by atoms with E-state index in [1.165, 1.54) is 51.4 Å². The maximum absolute atomic E-state index is 12.6. The molecule has 5 atom stereocenters. The van der Waals surface area contributed by atoms with E-state index in [2.05, 4.69) is 37.4 Å². The third kappa shape index (κ3) is 37.2. The van der Waals surface area contributed by atoms with Crippen LogP contribution >= 0.6 is 7.82 Å². The minimum absolute atomic E-state index is 0.145. The lowest BCUT2D eigenvalue weighted by Gasteiger charge is -2.20. The highest BCUT2D eigenvalue weighted by molar-refractivity contribution is 7.47. The summed E-state index contributed by atoms with van der Waals surface area (Å²) in [6, 6.07) is 0. The Bertz CT molecular complexity index is 1090. The molecule has 0 rings (SSSR count). The van der Waals surface area contributed by atoms with Gasteiger partial charge in [-0.15, -0.1) is 0 Å². The highest BCUT2D eigenvalue weighted by Gasteiger charge is 2.27. The van der Waals surface area contributed by atoms with Gasteiger partial charge in [-0.25, -0.2) is 4.57 Å². The Kier molecular flexibility index (Phi) is 36.0. The van der Waals surface area contributed by atoms with E-state index in [-0.39, 0.29) is 25.6 Å². The van der Waals surface area contributed by atoms with Crippen LogP contribution in [0.3, 0.4) is 0 Å². The number of phosphoric ester groups is 1. The van der Waals surface area contributed by atoms with Gasteiger partial charge in [0, 0.05) is 12.8 Å². The molecule has 0 spiro atoms. The number of hydrogen-bond donors (Lipinski definition) is 4. The monoisotopic (exact) mass is 801 g/mol. The number of phosphoric acid groups is 1. The van der Waals surface area contributed by atoms with Gasteiger partial charge >= 0.3 is 19.8 Å². The third-order valence-electron chi connectivity index (χ3n) is 9.13. The zero-order valence-corrected chi connectivity index (χ0v) is 35.3. The van der Waals surface area contributed by atoms with Gasteiger partial charge in [-0.2, -0.15) is 0 Å². The van der Waals surface area contributed by atoms with E-state index in [9.17, 15) is 29.3 Å². The predicted molar refractivity (Wildman–Crippen MR) is 220 cm³/mol. The van der Waals surface area contributed by atoms with E-state index in [0.29, 0.717) is 19.3 Å². The van der Waals surface area contributed by atoms with E-state index >= 15 is 0 Å². The molecule has 2 unspecified atom stereocenters. The Labute approximate surface area is 333 Å². The molecule has 0 fully saturated rings. The average molecular weight is 801 g/mol. The smallest absolute Gasteiger partial charge is 0.462 e. The lowest BCUT2D eigenvalue weighted by Crippen LogP contribution is -2.29. The van der Waals surface area contributed by atoms with Crippen molar-refractivity contribution in [3.05, 3.63) is 48.6 Å². The van der Waals surface area contributed by atoms with Crippen molar-refractivity contribution >= 4 is 19.8 Å². The second-order valence-electron chi connectivity index (χ2n) is 14.5. The predicted octanol–water partition coefficient (Wildman–Crippen LogP) is 9.77. The molecule has 0 aromatic rings. The molecule has 0 amide bonds. The van der Waals surface area contributed by atoms with Crippen molar-refractivity contribution < 1.29 is 52.9 Å². The van der Waals surface area contributed by atoms with Gasteiger partial charge in [0.1, 0.15) is 12.7 Å². The molecule has 0 radical (unpaired) electrons. The fraction of sp³-hybridized carbons (Fsp3) is 0.767. The van der Waals surface area contributed by atoms with Gasteiger partial charge in [0.05, 0.1) is 25.9 Å². The molecule has 0 bridgehead atoms. The Hall–Kier alpha value is -2.11. The Morgan fingerprint density at radius 2 is 1.25 bits per heavy atom. The van der Waals surface area contributed by atoms with Crippen molar-refractivity contribution in [2.45, 2.75) is 180 Å². The number of ether oxygens (including phenoxy) is 2. The lowest BCUT2D eigenvalue weighted by atomic mass is 9.99. The number of carbonyl (C=O) groups is 2. The van der Waals surface area contributed by atoms with Crippen molar-refractivity contribution in [3.8, 4) is 0 Å². The SMILES string of the molecule is CCCCC[C@@H](O)/C=C/C=C\C/C=C\C/C=C\CCCC(=O)OC[C@H](COP(=O)(O)OC[C@@H](O)CO)OC(=O)CCCCCCCCCCCCC(C)CC. The Balaban J connectivity index is 4.46. The highest BCUT2D eigenvalue weighted by atomic mass is 31.2. The van der Waals surface area contributed by atoms with Crippen molar-refractivity contribution in [1.29, 1.82) is 0 Å². The number of aliphatic hydroxyl groups excluding tert-OH is 3. The zero-order valence-electron chi connectivity index (χ0n) is 34.4. The fourth-order valence-electron chi connectivity index (χ4n) is 5.42. The van der Waals surface area contributed by atoms with Crippen molar-refractivity contribution in [2.24, 2.45) is 5.92 Å². The Morgan fingerprint density at radius 1 is 0.673 bits per heavy atom. The first-order chi connectivity index (χ1) is 26.5. The average Bonchev–Trinajstić information content (AvgIpc) is 3.17. The summed E-state index contributed by atoms with van der Waals surface area (Å²) < 4.78 is 32.6. The van der Waals surface area contributed by atoms with E-state index in [1.807, 2.05) is 36.5 Å². The molecule has 0 saturated carbocycles. The first-order valence-corrected chi connectivity index (χ1v) is 22.6. The van der Waals surface area contributed by atoms with Crippen LogP contribution in [0.4, 0.5) is 0 Å². The van der Waals surface area contributed by atoms with Gasteiger partial charge in [0.15, 0.2) is 6.10 Å². The van der Waals surface area contributed by atoms with Crippen LogP contribution in [0, 0.1) is 5.92 Å². The van der Waals surface area contributed by atoms with Crippen LogP contribution in [0.1, 0.15) is 162 Å². The number of allylic oxidation sites excluding steroid dienone is 7. The molecule has 0 aromatic heterocycles. The minimum atomic E-state index is -4.64. The number of carbonyl (C=O) groups excluding carboxylic acids is 2. The van der Waals surface area contributed by atoms with Crippen molar-refractivity contribution in [1.82, 2.24) is 0 Å². The van der Waals surface area contributed by atoms with Crippen LogP contribution in [-0.4, -0.2) is 76.9 Å². The van der Waals surface area contributed by atoms with Crippen LogP contribution in [0.5, 0.6) is 0 Å². The normalized spacial score (nSPS) is 15.5. The maximum atomic E-state index is 12.6. The molecule has 11 nitrogen and oxygen atoms in total. The summed E-state index contributed by atoms with van der Waals surface area (Å²) in [5.41, 5.74) is 0. The fourth-order valence-corrected chi connectivity index (χ4v) is 6.21. The molecule has 55 heavy (non-hydrogen) atoms. The van der Waals surface area contributed by atoms with E-state index in [4.69, 9.17) is 19.1 Å². The van der Waals surface area contributed by atoms with Crippen molar-refractivity contribution in [2.75, 3.05) is 26.4 Å². The summed E-state index contributed by atoms with van der Waals surface area (Å²) in [4.78, 5) is 34.9. The summed E-state index contributed by atoms with van der Waals surface area (Å²) in [5.74, 6) is -0.189. The van der Waals surface area contributed by atoms with E-state index in [0.717, 1.165) is 63.7 Å². The number of rotatable bonds is 38. The molecule has 0 heterocycles. The van der Waals surface area contributed by atoms with Gasteiger partial charge in [-0.05, 0) is 44.4 Å². The van der Waals surface area contributed by atoms with Crippen LogP contribution in [-0.2, 0) is 32.7 Å². The Morgan fingerprint density at radius 3 is 1.91 bits per heavy atom. The molecule has 0 aliphatic heterocycles. The first kappa shape index (κ1) is 52.9. The first-order valence-electron chi connectivity index (χ1n) is 21.1. The summed E-state index contributed by atoms with van der Waals surface area (Å²) in [7, 11) is -4.64. The summed E-state index contributed by atoms with van der Waals surface area (Å²) in [6.45, 7) is 4.50. The number of unbranched alkanes of at least 4 members (excludes halogenated alkanes) is 12. The molecule has 320 valence electrons. The quantitative estimate of drug-likeness (QED) is 0.0154. The third-order valence-corrected chi connectivity index (χ3v) is 10.1. The van der Waals surface area contributed by atoms with Gasteiger partial charge in [0.25, 0.3) is 0 Å². The number of esters is 2. The van der Waals surface area contributed by atoms with Crippen LogP contribution < -0.4 is 0 Å². The van der Waals surface area contributed by atoms with Crippen LogP contribution in [0.25, 0.3) is 0 Å². The summed E-state index contributed by atoms with van der Waals surface area (Å²) >= 11 is 0. The number of hydrogen-bond acceptors (Lipinski definition) is 10. The largest absolute Gasteiger partial charge is 0.472 e. The molecule has 0 aromatic carbocycles. The zero-order chi connectivity index (χ0) is 40.8. The molecular weight excluding hydrogens is 723 g/mol. The van der Waals surface area contributed by atoms with Gasteiger partial charge < -0.3 is 29.7 Å². The van der Waals surface area contributed by atoms with E-state index < -0.39 is 51.8 Å². The second-order valence-corrected chi connectivity index (χ2v) is 15.9. The lowest BCUT2D eigenvalue weighted by molar-refractivity contribution is -0.161. The standard InChI is InChI=1S/C43H77O11P/c1-4-6-24-30-39(45)31-26-21-17-13-8-7-9-14-18-22-27-32-42(47)51-36-41(37-53-55(49,50)52-35-40(46)34-44)54-43(48)33-28-23-19-15-11-10-12-16-20-25-29-38(3)5-2/h7-8,14,17-18,21,26,31,38-41,44-46H,4-6,9-13,15-16,19-20,22-25,27-30,32-37H2,1-3H3,(H,49,50)/b8-7-,18-14-,21-17-,31-26+/t38?,39-,40+,41-/m1/s1. The molecule has 0 aliphatic rings. The summed E-state index contributed by atoms with van der Waals surface area (Å²) in [5, 5.41) is 28.2.